The largest absolute Gasteiger partial charge is 0.495 e. The van der Waals surface area contributed by atoms with Crippen molar-refractivity contribution < 1.29 is 9.53 Å². The highest BCUT2D eigenvalue weighted by Crippen LogP contribution is 2.24. The maximum atomic E-state index is 12.4. The van der Waals surface area contributed by atoms with Gasteiger partial charge >= 0.3 is 0 Å². The molecule has 2 aromatic rings. The molecule has 21 heavy (non-hydrogen) atoms. The molecule has 0 aliphatic rings. The van der Waals surface area contributed by atoms with Crippen molar-refractivity contribution in [3.8, 4) is 5.75 Å². The molecule has 0 fully saturated rings. The van der Waals surface area contributed by atoms with Crippen LogP contribution in [0.15, 0.2) is 42.6 Å². The van der Waals surface area contributed by atoms with Gasteiger partial charge in [-0.2, -0.15) is 0 Å². The molecule has 1 aromatic carbocycles. The van der Waals surface area contributed by atoms with Crippen LogP contribution >= 0.6 is 0 Å². The van der Waals surface area contributed by atoms with Crippen molar-refractivity contribution in [1.82, 2.24) is 4.98 Å². The summed E-state index contributed by atoms with van der Waals surface area (Å²) in [4.78, 5) is 16.6. The summed E-state index contributed by atoms with van der Waals surface area (Å²) < 4.78 is 5.23. The molecule has 0 atom stereocenters. The molecule has 0 saturated carbocycles. The number of ether oxygens (including phenoxy) is 1. The van der Waals surface area contributed by atoms with Crippen LogP contribution in [0, 0.1) is 0 Å². The average Bonchev–Trinajstić information content (AvgIpc) is 2.53. The quantitative estimate of drug-likeness (QED) is 0.855. The van der Waals surface area contributed by atoms with E-state index in [-0.39, 0.29) is 5.91 Å². The summed E-state index contributed by atoms with van der Waals surface area (Å²) in [5.41, 5.74) is 1.15. The third kappa shape index (κ3) is 3.72. The van der Waals surface area contributed by atoms with Gasteiger partial charge in [0.25, 0.3) is 5.91 Å². The molecule has 2 N–H and O–H groups in total. The lowest BCUT2D eigenvalue weighted by molar-refractivity contribution is 0.102. The zero-order chi connectivity index (χ0) is 15.1. The fraction of sp³-hybridized carbons (Fsp3) is 0.250. The second kappa shape index (κ2) is 7.28. The number of hydrogen-bond acceptors (Lipinski definition) is 4. The Labute approximate surface area is 124 Å². The Morgan fingerprint density at radius 2 is 2.05 bits per heavy atom. The zero-order valence-corrected chi connectivity index (χ0v) is 12.2. The predicted octanol–water partition coefficient (Wildman–Crippen LogP) is 3.16. The van der Waals surface area contributed by atoms with Crippen molar-refractivity contribution in [3.05, 3.63) is 48.2 Å². The maximum Gasteiger partial charge on any atom is 0.259 e. The molecule has 0 aliphatic carbocycles. The normalized spacial score (nSPS) is 10.0. The third-order valence-electron chi connectivity index (χ3n) is 2.95. The fourth-order valence-corrected chi connectivity index (χ4v) is 1.91. The minimum absolute atomic E-state index is 0.216. The molecule has 110 valence electrons. The van der Waals surface area contributed by atoms with Gasteiger partial charge in [0.2, 0.25) is 0 Å². The van der Waals surface area contributed by atoms with E-state index < -0.39 is 0 Å². The molecule has 2 rings (SSSR count). The van der Waals surface area contributed by atoms with Crippen LogP contribution < -0.4 is 15.4 Å². The highest BCUT2D eigenvalue weighted by atomic mass is 16.5. The summed E-state index contributed by atoms with van der Waals surface area (Å²) in [6.45, 7) is 2.83. The fourth-order valence-electron chi connectivity index (χ4n) is 1.91. The summed E-state index contributed by atoms with van der Waals surface area (Å²) in [5, 5.41) is 6.01. The lowest BCUT2D eigenvalue weighted by atomic mass is 10.2. The Hall–Kier alpha value is -2.56. The second-order valence-corrected chi connectivity index (χ2v) is 4.48. The molecule has 0 radical (unpaired) electrons. The van der Waals surface area contributed by atoms with Crippen LogP contribution in [0.3, 0.4) is 0 Å². The minimum atomic E-state index is -0.216. The van der Waals surface area contributed by atoms with E-state index in [4.69, 9.17) is 4.74 Å². The van der Waals surface area contributed by atoms with E-state index in [1.807, 2.05) is 12.1 Å². The highest BCUT2D eigenvalue weighted by molar-refractivity contribution is 6.08. The average molecular weight is 285 g/mol. The summed E-state index contributed by atoms with van der Waals surface area (Å²) in [6, 6.07) is 10.8. The number of anilines is 2. The number of benzene rings is 1. The summed E-state index contributed by atoms with van der Waals surface area (Å²) in [7, 11) is 1.57. The smallest absolute Gasteiger partial charge is 0.259 e. The van der Waals surface area contributed by atoms with Gasteiger partial charge in [0.05, 0.1) is 18.4 Å². The van der Waals surface area contributed by atoms with Gasteiger partial charge < -0.3 is 15.4 Å². The molecule has 0 saturated heterocycles. The first-order chi connectivity index (χ1) is 10.3. The first kappa shape index (κ1) is 14.8. The van der Waals surface area contributed by atoms with Crippen LogP contribution in [0.5, 0.6) is 5.75 Å². The summed E-state index contributed by atoms with van der Waals surface area (Å²) in [5.74, 6) is 0.996. The molecule has 0 unspecified atom stereocenters. The lowest BCUT2D eigenvalue weighted by Crippen LogP contribution is -2.16. The van der Waals surface area contributed by atoms with E-state index in [0.717, 1.165) is 13.0 Å². The van der Waals surface area contributed by atoms with Gasteiger partial charge in [-0.15, -0.1) is 0 Å². The number of amides is 1. The third-order valence-corrected chi connectivity index (χ3v) is 2.95. The first-order valence-corrected chi connectivity index (χ1v) is 6.89. The predicted molar refractivity (Wildman–Crippen MR) is 84.0 cm³/mol. The Bertz CT molecular complexity index is 614. The minimum Gasteiger partial charge on any atom is -0.495 e. The van der Waals surface area contributed by atoms with Crippen molar-refractivity contribution in [3.63, 3.8) is 0 Å². The molecule has 1 amide bonds. The van der Waals surface area contributed by atoms with E-state index in [9.17, 15) is 4.79 Å². The van der Waals surface area contributed by atoms with E-state index in [2.05, 4.69) is 22.5 Å². The molecule has 5 nitrogen and oxygen atoms in total. The van der Waals surface area contributed by atoms with Gasteiger partial charge in [-0.25, -0.2) is 4.98 Å². The Balaban J connectivity index is 2.20. The van der Waals surface area contributed by atoms with E-state index in [1.165, 1.54) is 0 Å². The van der Waals surface area contributed by atoms with Gasteiger partial charge in [-0.3, -0.25) is 4.79 Å². The van der Waals surface area contributed by atoms with Crippen LogP contribution in [-0.4, -0.2) is 24.5 Å². The number of rotatable bonds is 6. The van der Waals surface area contributed by atoms with E-state index in [0.29, 0.717) is 22.8 Å². The Morgan fingerprint density at radius 3 is 2.81 bits per heavy atom. The molecule has 1 heterocycles. The number of para-hydroxylation sites is 2. The number of hydrogen-bond donors (Lipinski definition) is 2. The van der Waals surface area contributed by atoms with Crippen molar-refractivity contribution >= 4 is 17.4 Å². The molecule has 0 aliphatic heterocycles. The van der Waals surface area contributed by atoms with E-state index in [1.54, 1.807) is 37.6 Å². The maximum absolute atomic E-state index is 12.4. The first-order valence-electron chi connectivity index (χ1n) is 6.89. The van der Waals surface area contributed by atoms with Gasteiger partial charge in [-0.05, 0) is 30.7 Å². The van der Waals surface area contributed by atoms with Crippen LogP contribution in [0.25, 0.3) is 0 Å². The van der Waals surface area contributed by atoms with Crippen molar-refractivity contribution in [2.45, 2.75) is 13.3 Å². The number of carbonyl (C=O) groups excluding carboxylic acids is 1. The second-order valence-electron chi connectivity index (χ2n) is 4.48. The standard InChI is InChI=1S/C16H19N3O2/c1-3-10-17-15-12(7-6-11-18-15)16(20)19-13-8-4-5-9-14(13)21-2/h4-9,11H,3,10H2,1-2H3,(H,17,18)(H,19,20). The zero-order valence-electron chi connectivity index (χ0n) is 12.2. The van der Waals surface area contributed by atoms with Crippen molar-refractivity contribution in [2.75, 3.05) is 24.3 Å². The van der Waals surface area contributed by atoms with Crippen LogP contribution in [0.1, 0.15) is 23.7 Å². The van der Waals surface area contributed by atoms with Crippen LogP contribution in [0.4, 0.5) is 11.5 Å². The number of methoxy groups -OCH3 is 1. The van der Waals surface area contributed by atoms with E-state index >= 15 is 0 Å². The number of nitrogens with zero attached hydrogens (tertiary/aromatic N) is 1. The molecule has 5 heteroatoms. The SMILES string of the molecule is CCCNc1ncccc1C(=O)Nc1ccccc1OC. The summed E-state index contributed by atoms with van der Waals surface area (Å²) >= 11 is 0. The van der Waals surface area contributed by atoms with Gasteiger partial charge in [0.1, 0.15) is 11.6 Å². The van der Waals surface area contributed by atoms with Gasteiger partial charge in [-0.1, -0.05) is 19.1 Å². The Kier molecular flexibility index (Phi) is 5.15. The molecular weight excluding hydrogens is 266 g/mol. The number of nitrogens with one attached hydrogen (secondary N) is 2. The van der Waals surface area contributed by atoms with Gasteiger partial charge in [0, 0.05) is 12.7 Å². The lowest BCUT2D eigenvalue weighted by Gasteiger charge is -2.12. The molecule has 0 spiro atoms. The molecular formula is C16H19N3O2. The number of aromatic nitrogens is 1. The van der Waals surface area contributed by atoms with Crippen molar-refractivity contribution in [2.24, 2.45) is 0 Å². The monoisotopic (exact) mass is 285 g/mol. The van der Waals surface area contributed by atoms with Gasteiger partial charge in [0.15, 0.2) is 0 Å². The highest BCUT2D eigenvalue weighted by Gasteiger charge is 2.13. The summed E-state index contributed by atoms with van der Waals surface area (Å²) in [6.07, 6.45) is 2.63. The molecule has 1 aromatic heterocycles. The van der Waals surface area contributed by atoms with Crippen LogP contribution in [-0.2, 0) is 0 Å². The Morgan fingerprint density at radius 1 is 1.24 bits per heavy atom. The number of pyridine rings is 1. The topological polar surface area (TPSA) is 63.2 Å². The van der Waals surface area contributed by atoms with Crippen molar-refractivity contribution in [1.29, 1.82) is 0 Å². The van der Waals surface area contributed by atoms with Crippen LogP contribution in [0.2, 0.25) is 0 Å². The molecule has 0 bridgehead atoms. The number of carbonyl (C=O) groups is 1.